The Kier molecular flexibility index (Phi) is 6.49. The number of carbonyl (C=O) groups is 2. The minimum absolute atomic E-state index is 0.325. The van der Waals surface area contributed by atoms with Crippen LogP contribution in [-0.2, 0) is 11.4 Å². The zero-order valence-corrected chi connectivity index (χ0v) is 18.1. The lowest BCUT2D eigenvalue weighted by Gasteiger charge is -2.28. The number of ether oxygens (including phenoxy) is 1. The number of carboxylic acid groups (broad SMARTS) is 1. The van der Waals surface area contributed by atoms with Gasteiger partial charge in [0.1, 0.15) is 23.8 Å². The van der Waals surface area contributed by atoms with Crippen molar-refractivity contribution in [3.05, 3.63) is 101 Å². The number of aliphatic carboxylic acids is 1. The quantitative estimate of drug-likeness (QED) is 0.551. The van der Waals surface area contributed by atoms with Crippen molar-refractivity contribution in [3.8, 4) is 5.75 Å². The lowest BCUT2D eigenvalue weighted by Crippen LogP contribution is -2.42. The van der Waals surface area contributed by atoms with E-state index in [-0.39, 0.29) is 5.91 Å². The summed E-state index contributed by atoms with van der Waals surface area (Å²) in [6.45, 7) is 0.459. The van der Waals surface area contributed by atoms with Crippen LogP contribution in [0.25, 0.3) is 0 Å². The molecule has 0 bridgehead atoms. The molecule has 0 spiro atoms. The lowest BCUT2D eigenvalue weighted by molar-refractivity contribution is -0.141. The Morgan fingerprint density at radius 3 is 2.32 bits per heavy atom. The first-order chi connectivity index (χ1) is 15.0. The van der Waals surface area contributed by atoms with E-state index in [4.69, 9.17) is 16.3 Å². The molecule has 2 unspecified atom stereocenters. The molecule has 0 radical (unpaired) electrons. The molecule has 3 aromatic rings. The van der Waals surface area contributed by atoms with Crippen molar-refractivity contribution >= 4 is 35.2 Å². The van der Waals surface area contributed by atoms with E-state index >= 15 is 0 Å². The number of benzene rings is 3. The third kappa shape index (κ3) is 4.86. The average molecular weight is 454 g/mol. The highest BCUT2D eigenvalue weighted by atomic mass is 35.5. The molecule has 1 aliphatic rings. The summed E-state index contributed by atoms with van der Waals surface area (Å²) < 4.78 is 5.83. The van der Waals surface area contributed by atoms with E-state index in [1.54, 1.807) is 24.3 Å². The molecule has 1 saturated heterocycles. The van der Waals surface area contributed by atoms with Gasteiger partial charge in [-0.05, 0) is 47.5 Å². The summed E-state index contributed by atoms with van der Waals surface area (Å²) in [5.74, 6) is -0.310. The normalized spacial score (nSPS) is 18.0. The van der Waals surface area contributed by atoms with E-state index in [1.165, 1.54) is 16.7 Å². The number of hydrogen-bond acceptors (Lipinski definition) is 4. The fourth-order valence-corrected chi connectivity index (χ4v) is 4.96. The van der Waals surface area contributed by atoms with Crippen molar-refractivity contribution in [2.75, 3.05) is 5.75 Å². The molecule has 1 aliphatic heterocycles. The number of carbonyl (C=O) groups excluding carboxylic acids is 1. The Labute approximate surface area is 189 Å². The van der Waals surface area contributed by atoms with Crippen molar-refractivity contribution in [2.24, 2.45) is 0 Å². The van der Waals surface area contributed by atoms with Gasteiger partial charge in [-0.15, -0.1) is 11.8 Å². The summed E-state index contributed by atoms with van der Waals surface area (Å²) in [4.78, 5) is 26.4. The smallest absolute Gasteiger partial charge is 0.327 e. The molecule has 1 fully saturated rings. The molecule has 0 saturated carbocycles. The van der Waals surface area contributed by atoms with Crippen molar-refractivity contribution in [2.45, 2.75) is 18.0 Å². The summed E-state index contributed by atoms with van der Waals surface area (Å²) >= 11 is 7.36. The molecule has 1 heterocycles. The van der Waals surface area contributed by atoms with Gasteiger partial charge in [0.05, 0.1) is 0 Å². The molecule has 1 amide bonds. The molecule has 5 nitrogen and oxygen atoms in total. The van der Waals surface area contributed by atoms with Gasteiger partial charge in [0, 0.05) is 16.3 Å². The Hall–Kier alpha value is -2.96. The average Bonchev–Trinajstić information content (AvgIpc) is 3.24. The first-order valence-electron chi connectivity index (χ1n) is 9.72. The van der Waals surface area contributed by atoms with Crippen LogP contribution in [0.3, 0.4) is 0 Å². The highest BCUT2D eigenvalue weighted by Gasteiger charge is 2.42. The molecule has 0 aromatic heterocycles. The predicted molar refractivity (Wildman–Crippen MR) is 121 cm³/mol. The first-order valence-corrected chi connectivity index (χ1v) is 11.1. The van der Waals surface area contributed by atoms with Crippen molar-refractivity contribution < 1.29 is 19.4 Å². The third-order valence-corrected chi connectivity index (χ3v) is 6.60. The first kappa shape index (κ1) is 21.3. The maximum absolute atomic E-state index is 13.2. The largest absolute Gasteiger partial charge is 0.489 e. The molecule has 1 N–H and O–H groups in total. The molecule has 7 heteroatoms. The predicted octanol–water partition coefficient (Wildman–Crippen LogP) is 5.26. The van der Waals surface area contributed by atoms with E-state index < -0.39 is 17.4 Å². The number of rotatable bonds is 6. The number of nitrogens with zero attached hydrogens (tertiary/aromatic N) is 1. The molecule has 4 rings (SSSR count). The molecule has 0 aliphatic carbocycles. The minimum atomic E-state index is -1.01. The third-order valence-electron chi connectivity index (χ3n) is 5.02. The van der Waals surface area contributed by atoms with Crippen LogP contribution in [-0.4, -0.2) is 33.7 Å². The summed E-state index contributed by atoms with van der Waals surface area (Å²) in [5, 5.41) is 9.78. The van der Waals surface area contributed by atoms with Gasteiger partial charge in [0.2, 0.25) is 0 Å². The monoisotopic (exact) mass is 453 g/mol. The number of halogens is 1. The maximum atomic E-state index is 13.2. The van der Waals surface area contributed by atoms with Crippen LogP contribution in [0.2, 0.25) is 5.02 Å². The van der Waals surface area contributed by atoms with Gasteiger partial charge in [0.15, 0.2) is 0 Å². The highest BCUT2D eigenvalue weighted by molar-refractivity contribution is 7.99. The van der Waals surface area contributed by atoms with E-state index in [0.29, 0.717) is 28.7 Å². The van der Waals surface area contributed by atoms with Crippen LogP contribution in [0.1, 0.15) is 26.9 Å². The lowest BCUT2D eigenvalue weighted by atomic mass is 10.1. The standard InChI is InChI=1S/C24H20ClNO4S/c25-19-10-6-17(7-11-19)22(27)26-21(24(28)29)15-31-23(26)18-8-12-20(13-9-18)30-14-16-4-2-1-3-5-16/h1-13,21,23H,14-15H2,(H,28,29). The fraction of sp³-hybridized carbons (Fsp3) is 0.167. The zero-order chi connectivity index (χ0) is 21.8. The molecular formula is C24H20ClNO4S. The summed E-state index contributed by atoms with van der Waals surface area (Å²) in [5.41, 5.74) is 2.33. The second kappa shape index (κ2) is 9.45. The van der Waals surface area contributed by atoms with E-state index in [1.807, 2.05) is 54.6 Å². The van der Waals surface area contributed by atoms with Crippen molar-refractivity contribution in [3.63, 3.8) is 0 Å². The van der Waals surface area contributed by atoms with Gasteiger partial charge in [-0.2, -0.15) is 0 Å². The summed E-state index contributed by atoms with van der Waals surface area (Å²) in [6, 6.07) is 22.9. The molecule has 3 aromatic carbocycles. The summed E-state index contributed by atoms with van der Waals surface area (Å²) in [6.07, 6.45) is 0. The molecule has 2 atom stereocenters. The fourth-order valence-electron chi connectivity index (χ4n) is 3.41. The second-order valence-corrected chi connectivity index (χ2v) is 8.65. The van der Waals surface area contributed by atoms with Crippen molar-refractivity contribution in [1.29, 1.82) is 0 Å². The van der Waals surface area contributed by atoms with Crippen LogP contribution < -0.4 is 4.74 Å². The van der Waals surface area contributed by atoms with Gasteiger partial charge in [-0.1, -0.05) is 54.1 Å². The number of amides is 1. The number of thioether (sulfide) groups is 1. The van der Waals surface area contributed by atoms with Crippen LogP contribution in [0, 0.1) is 0 Å². The van der Waals surface area contributed by atoms with Crippen molar-refractivity contribution in [1.82, 2.24) is 4.90 Å². The zero-order valence-electron chi connectivity index (χ0n) is 16.5. The van der Waals surface area contributed by atoms with Gasteiger partial charge >= 0.3 is 5.97 Å². The van der Waals surface area contributed by atoms with Gasteiger partial charge in [-0.25, -0.2) is 4.79 Å². The van der Waals surface area contributed by atoms with E-state index in [2.05, 4.69) is 0 Å². The van der Waals surface area contributed by atoms with Crippen LogP contribution >= 0.6 is 23.4 Å². The Bertz CT molecular complexity index is 1060. The van der Waals surface area contributed by atoms with Gasteiger partial charge in [-0.3, -0.25) is 4.79 Å². The Morgan fingerprint density at radius 1 is 1.00 bits per heavy atom. The van der Waals surface area contributed by atoms with Gasteiger partial charge < -0.3 is 14.7 Å². The topological polar surface area (TPSA) is 66.8 Å². The second-order valence-electron chi connectivity index (χ2n) is 7.10. The van der Waals surface area contributed by atoms with Crippen LogP contribution in [0.4, 0.5) is 0 Å². The van der Waals surface area contributed by atoms with E-state index in [0.717, 1.165) is 11.1 Å². The van der Waals surface area contributed by atoms with Crippen LogP contribution in [0.5, 0.6) is 5.75 Å². The maximum Gasteiger partial charge on any atom is 0.327 e. The number of carboxylic acids is 1. The van der Waals surface area contributed by atoms with Gasteiger partial charge in [0.25, 0.3) is 5.91 Å². The van der Waals surface area contributed by atoms with Crippen LogP contribution in [0.15, 0.2) is 78.9 Å². The molecular weight excluding hydrogens is 434 g/mol. The number of hydrogen-bond donors (Lipinski definition) is 1. The Balaban J connectivity index is 1.53. The minimum Gasteiger partial charge on any atom is -0.489 e. The SMILES string of the molecule is O=C(O)C1CSC(c2ccc(OCc3ccccc3)cc2)N1C(=O)c1ccc(Cl)cc1. The Morgan fingerprint density at radius 2 is 1.68 bits per heavy atom. The highest BCUT2D eigenvalue weighted by Crippen LogP contribution is 2.42. The molecule has 158 valence electrons. The summed E-state index contributed by atoms with van der Waals surface area (Å²) in [7, 11) is 0. The van der Waals surface area contributed by atoms with E-state index in [9.17, 15) is 14.7 Å². The molecule has 31 heavy (non-hydrogen) atoms.